The first-order valence-electron chi connectivity index (χ1n) is 10.1. The van der Waals surface area contributed by atoms with Crippen molar-refractivity contribution < 1.29 is 17.9 Å². The monoisotopic (exact) mass is 484 g/mol. The molecule has 0 aromatic heterocycles. The third kappa shape index (κ3) is 5.27. The molecule has 1 N–H and O–H groups in total. The smallest absolute Gasteiger partial charge is 0.241 e. The topological polar surface area (TPSA) is 75.7 Å². The van der Waals surface area contributed by atoms with E-state index in [1.165, 1.54) is 18.2 Å². The highest BCUT2D eigenvalue weighted by atomic mass is 35.5. The van der Waals surface area contributed by atoms with Crippen LogP contribution in [0.1, 0.15) is 44.7 Å². The van der Waals surface area contributed by atoms with Crippen molar-refractivity contribution in [2.75, 3.05) is 17.1 Å². The van der Waals surface area contributed by atoms with Crippen LogP contribution in [-0.4, -0.2) is 32.7 Å². The molecule has 0 fully saturated rings. The standard InChI is InChI=1S/C22H26Cl2N2O4S/c1-4-22(5-2)13-19(16-8-6-7-9-20(16)30-22)25-21(27)14-26(31(3,28)29)15-10-11-17(23)18(24)12-15/h6-12,19H,4-5,13-14H2,1-3H3,(H,25,27). The van der Waals surface area contributed by atoms with Gasteiger partial charge in [0.15, 0.2) is 0 Å². The summed E-state index contributed by atoms with van der Waals surface area (Å²) in [5.41, 5.74) is 0.775. The van der Waals surface area contributed by atoms with Gasteiger partial charge in [0.25, 0.3) is 0 Å². The summed E-state index contributed by atoms with van der Waals surface area (Å²) >= 11 is 12.0. The minimum Gasteiger partial charge on any atom is -0.487 e. The molecular formula is C22H26Cl2N2O4S. The number of rotatable bonds is 7. The Labute approximate surface area is 193 Å². The fourth-order valence-electron chi connectivity index (χ4n) is 3.84. The van der Waals surface area contributed by atoms with Gasteiger partial charge in [-0.2, -0.15) is 0 Å². The summed E-state index contributed by atoms with van der Waals surface area (Å²) in [6.07, 6.45) is 3.24. The first kappa shape index (κ1) is 23.7. The van der Waals surface area contributed by atoms with Crippen LogP contribution in [0.25, 0.3) is 0 Å². The number of carbonyl (C=O) groups is 1. The van der Waals surface area contributed by atoms with E-state index in [-0.39, 0.29) is 28.9 Å². The Balaban J connectivity index is 1.86. The lowest BCUT2D eigenvalue weighted by molar-refractivity contribution is -0.121. The van der Waals surface area contributed by atoms with E-state index >= 15 is 0 Å². The molecule has 3 rings (SSSR count). The van der Waals surface area contributed by atoms with E-state index in [9.17, 15) is 13.2 Å². The van der Waals surface area contributed by atoms with Gasteiger partial charge >= 0.3 is 0 Å². The van der Waals surface area contributed by atoms with Crippen LogP contribution in [0.5, 0.6) is 5.75 Å². The average Bonchev–Trinajstić information content (AvgIpc) is 2.73. The highest BCUT2D eigenvalue weighted by molar-refractivity contribution is 7.92. The molecule has 2 aromatic carbocycles. The zero-order valence-electron chi connectivity index (χ0n) is 17.7. The summed E-state index contributed by atoms with van der Waals surface area (Å²) in [4.78, 5) is 13.0. The molecule has 6 nitrogen and oxygen atoms in total. The molecule has 168 valence electrons. The molecule has 2 aromatic rings. The Hall–Kier alpha value is -1.96. The van der Waals surface area contributed by atoms with Crippen LogP contribution in [0.4, 0.5) is 5.69 Å². The number of hydrogen-bond acceptors (Lipinski definition) is 4. The number of ether oxygens (including phenoxy) is 1. The Morgan fingerprint density at radius 1 is 1.16 bits per heavy atom. The Bertz CT molecular complexity index is 1070. The van der Waals surface area contributed by atoms with Crippen molar-refractivity contribution in [2.24, 2.45) is 0 Å². The summed E-state index contributed by atoms with van der Waals surface area (Å²) in [7, 11) is -3.73. The molecule has 0 saturated carbocycles. The third-order valence-electron chi connectivity index (χ3n) is 5.70. The van der Waals surface area contributed by atoms with Gasteiger partial charge in [0, 0.05) is 12.0 Å². The van der Waals surface area contributed by atoms with Crippen molar-refractivity contribution in [3.05, 3.63) is 58.1 Å². The number of hydrogen-bond donors (Lipinski definition) is 1. The average molecular weight is 485 g/mol. The van der Waals surface area contributed by atoms with Crippen LogP contribution < -0.4 is 14.4 Å². The summed E-state index contributed by atoms with van der Waals surface area (Å²) < 4.78 is 32.1. The van der Waals surface area contributed by atoms with Crippen LogP contribution in [0.15, 0.2) is 42.5 Å². The zero-order chi connectivity index (χ0) is 22.8. The quantitative estimate of drug-likeness (QED) is 0.602. The number of para-hydroxylation sites is 1. The maximum Gasteiger partial charge on any atom is 0.241 e. The van der Waals surface area contributed by atoms with Gasteiger partial charge in [0.2, 0.25) is 15.9 Å². The maximum absolute atomic E-state index is 13.0. The Morgan fingerprint density at radius 2 is 1.84 bits per heavy atom. The van der Waals surface area contributed by atoms with Gasteiger partial charge in [-0.25, -0.2) is 8.42 Å². The highest BCUT2D eigenvalue weighted by Crippen LogP contribution is 2.42. The Morgan fingerprint density at radius 3 is 2.45 bits per heavy atom. The SMILES string of the molecule is CCC1(CC)CC(NC(=O)CN(c2ccc(Cl)c(Cl)c2)S(C)(=O)=O)c2ccccc2O1. The molecule has 1 aliphatic rings. The summed E-state index contributed by atoms with van der Waals surface area (Å²) in [5.74, 6) is 0.325. The fourth-order valence-corrected chi connectivity index (χ4v) is 4.98. The van der Waals surface area contributed by atoms with Crippen LogP contribution in [-0.2, 0) is 14.8 Å². The van der Waals surface area contributed by atoms with Crippen molar-refractivity contribution >= 4 is 44.8 Å². The van der Waals surface area contributed by atoms with Crippen LogP contribution in [0.2, 0.25) is 10.0 Å². The fraction of sp³-hybridized carbons (Fsp3) is 0.409. The second-order valence-corrected chi connectivity index (χ2v) is 10.4. The lowest BCUT2D eigenvalue weighted by Gasteiger charge is -2.41. The number of benzene rings is 2. The predicted octanol–water partition coefficient (Wildman–Crippen LogP) is 4.96. The largest absolute Gasteiger partial charge is 0.487 e. The molecule has 1 amide bonds. The van der Waals surface area contributed by atoms with Gasteiger partial charge in [-0.1, -0.05) is 55.2 Å². The van der Waals surface area contributed by atoms with Crippen LogP contribution in [0, 0.1) is 0 Å². The molecule has 0 radical (unpaired) electrons. The van der Waals surface area contributed by atoms with E-state index in [4.69, 9.17) is 27.9 Å². The minimum absolute atomic E-state index is 0.210. The molecule has 0 spiro atoms. The molecule has 0 bridgehead atoms. The van der Waals surface area contributed by atoms with Gasteiger partial charge in [-0.15, -0.1) is 0 Å². The van der Waals surface area contributed by atoms with Crippen LogP contribution >= 0.6 is 23.2 Å². The lowest BCUT2D eigenvalue weighted by atomic mass is 9.83. The van der Waals surface area contributed by atoms with Crippen LogP contribution in [0.3, 0.4) is 0 Å². The third-order valence-corrected chi connectivity index (χ3v) is 7.58. The normalized spacial score (nSPS) is 17.4. The van der Waals surface area contributed by atoms with Gasteiger partial charge < -0.3 is 10.1 Å². The number of nitrogens with zero attached hydrogens (tertiary/aromatic N) is 1. The summed E-state index contributed by atoms with van der Waals surface area (Å²) in [5, 5.41) is 3.53. The summed E-state index contributed by atoms with van der Waals surface area (Å²) in [6.45, 7) is 3.75. The first-order chi connectivity index (χ1) is 14.6. The van der Waals surface area contributed by atoms with Gasteiger partial charge in [-0.3, -0.25) is 9.10 Å². The van der Waals surface area contributed by atoms with Gasteiger partial charge in [-0.05, 0) is 37.1 Å². The van der Waals surface area contributed by atoms with E-state index in [0.717, 1.165) is 34.7 Å². The predicted molar refractivity (Wildman–Crippen MR) is 125 cm³/mol. The summed E-state index contributed by atoms with van der Waals surface area (Å²) in [6, 6.07) is 11.8. The van der Waals surface area contributed by atoms with E-state index in [2.05, 4.69) is 19.2 Å². The van der Waals surface area contributed by atoms with Crippen molar-refractivity contribution in [3.63, 3.8) is 0 Å². The van der Waals surface area contributed by atoms with Crippen molar-refractivity contribution in [3.8, 4) is 5.75 Å². The zero-order valence-corrected chi connectivity index (χ0v) is 20.0. The van der Waals surface area contributed by atoms with Crippen molar-refractivity contribution in [1.82, 2.24) is 5.32 Å². The molecule has 1 aliphatic heterocycles. The molecule has 0 saturated heterocycles. The molecule has 1 atom stereocenters. The van der Waals surface area contributed by atoms with Crippen molar-refractivity contribution in [2.45, 2.75) is 44.8 Å². The van der Waals surface area contributed by atoms with E-state index in [0.29, 0.717) is 11.4 Å². The number of fused-ring (bicyclic) bond motifs is 1. The molecule has 0 aliphatic carbocycles. The number of sulfonamides is 1. The number of amides is 1. The Kier molecular flexibility index (Phi) is 7.08. The maximum atomic E-state index is 13.0. The second-order valence-electron chi connectivity index (χ2n) is 7.72. The van der Waals surface area contributed by atoms with Crippen molar-refractivity contribution in [1.29, 1.82) is 0 Å². The number of carbonyl (C=O) groups excluding carboxylic acids is 1. The van der Waals surface area contributed by atoms with Gasteiger partial charge in [0.1, 0.15) is 17.9 Å². The number of nitrogens with one attached hydrogen (secondary N) is 1. The van der Waals surface area contributed by atoms with Gasteiger partial charge in [0.05, 0.1) is 28.0 Å². The first-order valence-corrected chi connectivity index (χ1v) is 12.7. The van der Waals surface area contributed by atoms with E-state index < -0.39 is 15.9 Å². The second kappa shape index (κ2) is 9.27. The molecular weight excluding hydrogens is 459 g/mol. The van der Waals surface area contributed by atoms with E-state index in [1.807, 2.05) is 24.3 Å². The number of halogens is 2. The molecule has 9 heteroatoms. The van der Waals surface area contributed by atoms with E-state index in [1.54, 1.807) is 0 Å². The minimum atomic E-state index is -3.73. The molecule has 31 heavy (non-hydrogen) atoms. The molecule has 1 unspecified atom stereocenters. The molecule has 1 heterocycles. The lowest BCUT2D eigenvalue weighted by Crippen LogP contribution is -2.47. The highest BCUT2D eigenvalue weighted by Gasteiger charge is 2.39. The number of anilines is 1.